The summed E-state index contributed by atoms with van der Waals surface area (Å²) >= 11 is 6.09. The van der Waals surface area contributed by atoms with Crippen molar-refractivity contribution >= 4 is 23.4 Å². The molecule has 1 heterocycles. The summed E-state index contributed by atoms with van der Waals surface area (Å²) in [5, 5.41) is 0.530. The van der Waals surface area contributed by atoms with Crippen LogP contribution in [0.25, 0.3) is 0 Å². The lowest BCUT2D eigenvalue weighted by molar-refractivity contribution is 0.502. The number of halogens is 1. The van der Waals surface area contributed by atoms with Crippen molar-refractivity contribution in [3.05, 3.63) is 11.2 Å². The number of hydrazine groups is 1. The fourth-order valence-electron chi connectivity index (χ4n) is 1.72. The van der Waals surface area contributed by atoms with E-state index in [0.717, 1.165) is 6.42 Å². The Morgan fingerprint density at radius 3 is 2.65 bits per heavy atom. The summed E-state index contributed by atoms with van der Waals surface area (Å²) in [6, 6.07) is 0.355. The lowest BCUT2D eigenvalue weighted by Crippen LogP contribution is -2.31. The highest BCUT2D eigenvalue weighted by Gasteiger charge is 2.16. The number of nitrogen functional groups attached to an aromatic ring is 1. The second-order valence-electron chi connectivity index (χ2n) is 4.60. The van der Waals surface area contributed by atoms with E-state index in [0.29, 0.717) is 28.7 Å². The highest BCUT2D eigenvalue weighted by Crippen LogP contribution is 2.25. The number of nitrogens with two attached hydrogens (primary N) is 1. The van der Waals surface area contributed by atoms with E-state index in [9.17, 15) is 0 Å². The van der Waals surface area contributed by atoms with Crippen molar-refractivity contribution in [1.82, 2.24) is 9.97 Å². The Balaban J connectivity index is 2.90. The molecule has 3 N–H and O–H groups in total. The maximum Gasteiger partial charge on any atom is 0.239 e. The van der Waals surface area contributed by atoms with Crippen LogP contribution in [0.4, 0.5) is 11.8 Å². The molecule has 1 unspecified atom stereocenters. The molecule has 6 heteroatoms. The van der Waals surface area contributed by atoms with Crippen LogP contribution in [0.3, 0.4) is 0 Å². The van der Waals surface area contributed by atoms with Crippen LogP contribution in [0.1, 0.15) is 27.2 Å². The van der Waals surface area contributed by atoms with Gasteiger partial charge in [0.2, 0.25) is 5.95 Å². The third kappa shape index (κ3) is 3.71. The highest BCUT2D eigenvalue weighted by atomic mass is 35.5. The predicted octanol–water partition coefficient (Wildman–Crippen LogP) is 2.29. The van der Waals surface area contributed by atoms with Gasteiger partial charge in [-0.3, -0.25) is 5.43 Å². The topological polar surface area (TPSA) is 67.1 Å². The van der Waals surface area contributed by atoms with Gasteiger partial charge in [-0.25, -0.2) is 10.8 Å². The Morgan fingerprint density at radius 2 is 2.12 bits per heavy atom. The Kier molecular flexibility index (Phi) is 4.96. The first-order valence-electron chi connectivity index (χ1n) is 5.67. The van der Waals surface area contributed by atoms with Crippen LogP contribution in [0, 0.1) is 5.92 Å². The molecule has 0 radical (unpaired) electrons. The van der Waals surface area contributed by atoms with Gasteiger partial charge in [-0.2, -0.15) is 4.98 Å². The van der Waals surface area contributed by atoms with Gasteiger partial charge in [0.25, 0.3) is 0 Å². The average molecular weight is 258 g/mol. The molecule has 0 spiro atoms. The summed E-state index contributed by atoms with van der Waals surface area (Å²) in [6.45, 7) is 6.53. The quantitative estimate of drug-likeness (QED) is 0.626. The van der Waals surface area contributed by atoms with E-state index in [1.807, 2.05) is 11.9 Å². The summed E-state index contributed by atoms with van der Waals surface area (Å²) in [4.78, 5) is 10.3. The number of nitrogens with zero attached hydrogens (tertiary/aromatic N) is 3. The monoisotopic (exact) mass is 257 g/mol. The molecule has 17 heavy (non-hydrogen) atoms. The Labute approximate surface area is 107 Å². The van der Waals surface area contributed by atoms with Crippen LogP contribution in [-0.4, -0.2) is 23.1 Å². The molecule has 0 aliphatic rings. The Morgan fingerprint density at radius 1 is 1.47 bits per heavy atom. The molecular formula is C11H20ClN5. The van der Waals surface area contributed by atoms with Crippen molar-refractivity contribution < 1.29 is 0 Å². The van der Waals surface area contributed by atoms with E-state index in [4.69, 9.17) is 17.4 Å². The van der Waals surface area contributed by atoms with Gasteiger partial charge >= 0.3 is 0 Å². The molecule has 0 saturated heterocycles. The van der Waals surface area contributed by atoms with Gasteiger partial charge in [-0.1, -0.05) is 25.4 Å². The van der Waals surface area contributed by atoms with E-state index in [1.165, 1.54) is 0 Å². The zero-order valence-electron chi connectivity index (χ0n) is 10.7. The van der Waals surface area contributed by atoms with E-state index in [-0.39, 0.29) is 0 Å². The standard InChI is InChI=1S/C11H20ClN5/c1-7(2)5-8(3)17(4)10-9(12)6-14-11(15-10)16-13/h6-8H,5,13H2,1-4H3,(H,14,15,16). The maximum atomic E-state index is 6.09. The number of hydrogen-bond donors (Lipinski definition) is 2. The first-order chi connectivity index (χ1) is 7.95. The molecule has 1 atom stereocenters. The average Bonchev–Trinajstić information content (AvgIpc) is 2.28. The third-order valence-corrected chi connectivity index (χ3v) is 2.93. The molecule has 1 aromatic heterocycles. The van der Waals surface area contributed by atoms with Gasteiger partial charge in [0.1, 0.15) is 5.02 Å². The minimum absolute atomic E-state index is 0.355. The second kappa shape index (κ2) is 6.02. The minimum Gasteiger partial charge on any atom is -0.356 e. The van der Waals surface area contributed by atoms with Crippen molar-refractivity contribution in [1.29, 1.82) is 0 Å². The first kappa shape index (κ1) is 14.0. The van der Waals surface area contributed by atoms with Crippen LogP contribution in [0.2, 0.25) is 5.02 Å². The molecule has 96 valence electrons. The van der Waals surface area contributed by atoms with Gasteiger partial charge in [-0.05, 0) is 19.3 Å². The summed E-state index contributed by atoms with van der Waals surface area (Å²) in [6.07, 6.45) is 2.62. The minimum atomic E-state index is 0.355. The maximum absolute atomic E-state index is 6.09. The number of anilines is 2. The molecule has 5 nitrogen and oxygen atoms in total. The molecular weight excluding hydrogens is 238 g/mol. The summed E-state index contributed by atoms with van der Waals surface area (Å²) in [5.41, 5.74) is 2.42. The fourth-order valence-corrected chi connectivity index (χ4v) is 1.95. The molecule has 1 rings (SSSR count). The van der Waals surface area contributed by atoms with Crippen LogP contribution in [-0.2, 0) is 0 Å². The van der Waals surface area contributed by atoms with E-state index >= 15 is 0 Å². The van der Waals surface area contributed by atoms with E-state index in [2.05, 4.69) is 36.2 Å². The van der Waals surface area contributed by atoms with Gasteiger partial charge in [0.15, 0.2) is 5.82 Å². The predicted molar refractivity (Wildman–Crippen MR) is 72.2 cm³/mol. The molecule has 0 aromatic carbocycles. The van der Waals surface area contributed by atoms with Crippen LogP contribution < -0.4 is 16.2 Å². The number of hydrogen-bond acceptors (Lipinski definition) is 5. The van der Waals surface area contributed by atoms with Crippen LogP contribution in [0.15, 0.2) is 6.20 Å². The highest BCUT2D eigenvalue weighted by molar-refractivity contribution is 6.32. The van der Waals surface area contributed by atoms with Gasteiger partial charge < -0.3 is 4.90 Å². The van der Waals surface area contributed by atoms with Crippen molar-refractivity contribution in [3.8, 4) is 0 Å². The normalized spacial score (nSPS) is 12.6. The number of nitrogens with one attached hydrogen (secondary N) is 1. The molecule has 0 bridgehead atoms. The van der Waals surface area contributed by atoms with Crippen molar-refractivity contribution in [2.45, 2.75) is 33.2 Å². The molecule has 0 fully saturated rings. The van der Waals surface area contributed by atoms with Crippen molar-refractivity contribution in [3.63, 3.8) is 0 Å². The summed E-state index contributed by atoms with van der Waals surface area (Å²) in [7, 11) is 1.97. The molecule has 0 aliphatic carbocycles. The van der Waals surface area contributed by atoms with Gasteiger partial charge in [0.05, 0.1) is 6.20 Å². The van der Waals surface area contributed by atoms with Gasteiger partial charge in [-0.15, -0.1) is 0 Å². The molecule has 0 aliphatic heterocycles. The molecule has 0 amide bonds. The summed E-state index contributed by atoms with van der Waals surface area (Å²) < 4.78 is 0. The number of rotatable bonds is 5. The van der Waals surface area contributed by atoms with Gasteiger partial charge in [0, 0.05) is 13.1 Å². The van der Waals surface area contributed by atoms with Crippen LogP contribution in [0.5, 0.6) is 0 Å². The first-order valence-corrected chi connectivity index (χ1v) is 6.05. The summed E-state index contributed by atoms with van der Waals surface area (Å²) in [5.74, 6) is 6.98. The van der Waals surface area contributed by atoms with Crippen LogP contribution >= 0.6 is 11.6 Å². The van der Waals surface area contributed by atoms with E-state index in [1.54, 1.807) is 6.20 Å². The zero-order valence-corrected chi connectivity index (χ0v) is 11.5. The number of aromatic nitrogens is 2. The second-order valence-corrected chi connectivity index (χ2v) is 5.01. The lowest BCUT2D eigenvalue weighted by atomic mass is 10.0. The SMILES string of the molecule is CC(C)CC(C)N(C)c1nc(NN)ncc1Cl. The third-order valence-electron chi connectivity index (χ3n) is 2.66. The fraction of sp³-hybridized carbons (Fsp3) is 0.636. The largest absolute Gasteiger partial charge is 0.356 e. The zero-order chi connectivity index (χ0) is 13.0. The Hall–Kier alpha value is -1.07. The molecule has 0 saturated carbocycles. The van der Waals surface area contributed by atoms with Crippen molar-refractivity contribution in [2.75, 3.05) is 17.4 Å². The Bertz CT molecular complexity index is 369. The van der Waals surface area contributed by atoms with Crippen molar-refractivity contribution in [2.24, 2.45) is 11.8 Å². The lowest BCUT2D eigenvalue weighted by Gasteiger charge is -2.28. The molecule has 1 aromatic rings. The smallest absolute Gasteiger partial charge is 0.239 e. The van der Waals surface area contributed by atoms with E-state index < -0.39 is 0 Å².